The maximum Gasteiger partial charge on any atom is 0.123 e. The van der Waals surface area contributed by atoms with Gasteiger partial charge in [0.2, 0.25) is 0 Å². The molecule has 0 aromatic heterocycles. The fraction of sp³-hybridized carbons (Fsp3) is 0.368. The average molecular weight is 296 g/mol. The minimum atomic E-state index is -0.158. The summed E-state index contributed by atoms with van der Waals surface area (Å²) >= 11 is 0. The van der Waals surface area contributed by atoms with Gasteiger partial charge in [-0.05, 0) is 42.7 Å². The summed E-state index contributed by atoms with van der Waals surface area (Å²) in [4.78, 5) is 5.08. The van der Waals surface area contributed by atoms with Crippen LogP contribution < -0.4 is 4.90 Å². The van der Waals surface area contributed by atoms with E-state index in [2.05, 4.69) is 40.1 Å². The van der Waals surface area contributed by atoms with Gasteiger partial charge in [-0.25, -0.2) is 4.39 Å². The van der Waals surface area contributed by atoms with Crippen molar-refractivity contribution in [3.63, 3.8) is 0 Å². The molecule has 2 unspecified atom stereocenters. The van der Waals surface area contributed by atoms with Crippen molar-refractivity contribution in [2.45, 2.75) is 31.5 Å². The molecule has 2 aliphatic rings. The highest BCUT2D eigenvalue weighted by Crippen LogP contribution is 2.33. The van der Waals surface area contributed by atoms with Gasteiger partial charge in [-0.3, -0.25) is 4.90 Å². The third-order valence-corrected chi connectivity index (χ3v) is 5.03. The molecule has 0 aliphatic carbocycles. The summed E-state index contributed by atoms with van der Waals surface area (Å²) in [7, 11) is 0. The molecular formula is C19H21FN2. The second-order valence-electron chi connectivity index (χ2n) is 6.42. The van der Waals surface area contributed by atoms with Gasteiger partial charge in [0.05, 0.1) is 0 Å². The Hall–Kier alpha value is -1.87. The number of fused-ring (bicyclic) bond motifs is 2. The van der Waals surface area contributed by atoms with E-state index in [1.807, 2.05) is 12.1 Å². The Kier molecular flexibility index (Phi) is 3.59. The van der Waals surface area contributed by atoms with Crippen molar-refractivity contribution >= 4 is 5.69 Å². The number of benzene rings is 2. The molecule has 2 fully saturated rings. The third-order valence-electron chi connectivity index (χ3n) is 5.03. The van der Waals surface area contributed by atoms with Crippen molar-refractivity contribution in [1.29, 1.82) is 0 Å². The highest BCUT2D eigenvalue weighted by Gasteiger charge is 2.39. The van der Waals surface area contributed by atoms with Crippen molar-refractivity contribution in [3.8, 4) is 0 Å². The lowest BCUT2D eigenvalue weighted by atomic mass is 10.1. The molecule has 2 heterocycles. The zero-order valence-electron chi connectivity index (χ0n) is 12.7. The van der Waals surface area contributed by atoms with Crippen LogP contribution in [0.3, 0.4) is 0 Å². The molecular weight excluding hydrogens is 275 g/mol. The van der Waals surface area contributed by atoms with Gasteiger partial charge >= 0.3 is 0 Å². The quantitative estimate of drug-likeness (QED) is 0.852. The molecule has 2 bridgehead atoms. The summed E-state index contributed by atoms with van der Waals surface area (Å²) in [6, 6.07) is 18.9. The molecule has 2 aromatic rings. The summed E-state index contributed by atoms with van der Waals surface area (Å²) in [6.45, 7) is 3.15. The maximum atomic E-state index is 13.1. The molecule has 0 amide bonds. The Labute approximate surface area is 131 Å². The largest absolute Gasteiger partial charge is 0.368 e. The Balaban J connectivity index is 1.48. The molecule has 114 valence electrons. The second kappa shape index (κ2) is 5.73. The molecule has 2 nitrogen and oxygen atoms in total. The van der Waals surface area contributed by atoms with Gasteiger partial charge in [-0.15, -0.1) is 0 Å². The molecule has 0 N–H and O–H groups in total. The molecule has 2 aromatic carbocycles. The molecule has 0 spiro atoms. The van der Waals surface area contributed by atoms with Crippen LogP contribution in [0.4, 0.5) is 10.1 Å². The zero-order chi connectivity index (χ0) is 14.9. The van der Waals surface area contributed by atoms with Crippen LogP contribution in [0.15, 0.2) is 54.6 Å². The van der Waals surface area contributed by atoms with Crippen molar-refractivity contribution < 1.29 is 4.39 Å². The Bertz CT molecular complexity index is 612. The van der Waals surface area contributed by atoms with Crippen LogP contribution in [0.5, 0.6) is 0 Å². The lowest BCUT2D eigenvalue weighted by Gasteiger charge is -2.42. The van der Waals surface area contributed by atoms with E-state index in [4.69, 9.17) is 0 Å². The second-order valence-corrected chi connectivity index (χ2v) is 6.42. The van der Waals surface area contributed by atoms with Crippen LogP contribution in [0.1, 0.15) is 18.4 Å². The normalized spacial score (nSPS) is 24.7. The first-order valence-electron chi connectivity index (χ1n) is 8.10. The summed E-state index contributed by atoms with van der Waals surface area (Å²) in [5.74, 6) is -0.158. The Morgan fingerprint density at radius 2 is 1.50 bits per heavy atom. The van der Waals surface area contributed by atoms with E-state index in [9.17, 15) is 4.39 Å². The van der Waals surface area contributed by atoms with Crippen molar-refractivity contribution in [2.24, 2.45) is 0 Å². The SMILES string of the molecule is Fc1ccc(N2CC3CCC(C2)N3Cc2ccccc2)cc1. The minimum Gasteiger partial charge on any atom is -0.368 e. The monoisotopic (exact) mass is 296 g/mol. The van der Waals surface area contributed by atoms with Gasteiger partial charge in [0.25, 0.3) is 0 Å². The first-order chi connectivity index (χ1) is 10.8. The lowest BCUT2D eigenvalue weighted by molar-refractivity contribution is 0.160. The third kappa shape index (κ3) is 2.61. The number of nitrogens with zero attached hydrogens (tertiary/aromatic N) is 2. The van der Waals surface area contributed by atoms with Gasteiger partial charge < -0.3 is 4.90 Å². The smallest absolute Gasteiger partial charge is 0.123 e. The maximum absolute atomic E-state index is 13.1. The molecule has 2 aliphatic heterocycles. The first-order valence-corrected chi connectivity index (χ1v) is 8.10. The molecule has 4 rings (SSSR count). The van der Waals surface area contributed by atoms with E-state index in [1.165, 1.54) is 18.4 Å². The Morgan fingerprint density at radius 3 is 2.14 bits per heavy atom. The fourth-order valence-corrected chi connectivity index (χ4v) is 3.91. The van der Waals surface area contributed by atoms with Crippen LogP contribution in [-0.2, 0) is 6.54 Å². The van der Waals surface area contributed by atoms with Gasteiger partial charge in [-0.2, -0.15) is 0 Å². The zero-order valence-corrected chi connectivity index (χ0v) is 12.7. The lowest BCUT2D eigenvalue weighted by Crippen LogP contribution is -2.53. The van der Waals surface area contributed by atoms with Crippen LogP contribution in [0.25, 0.3) is 0 Å². The minimum absolute atomic E-state index is 0.158. The topological polar surface area (TPSA) is 6.48 Å². The van der Waals surface area contributed by atoms with E-state index in [1.54, 1.807) is 12.1 Å². The van der Waals surface area contributed by atoms with Gasteiger partial charge in [0, 0.05) is 37.4 Å². The number of piperazine rings is 1. The predicted molar refractivity (Wildman–Crippen MR) is 87.4 cm³/mol. The van der Waals surface area contributed by atoms with E-state index >= 15 is 0 Å². The predicted octanol–water partition coefficient (Wildman–Crippen LogP) is 3.68. The Morgan fingerprint density at radius 1 is 0.864 bits per heavy atom. The number of hydrogen-bond donors (Lipinski definition) is 0. The van der Waals surface area contributed by atoms with Gasteiger partial charge in [0.15, 0.2) is 0 Å². The highest BCUT2D eigenvalue weighted by molar-refractivity contribution is 5.47. The fourth-order valence-electron chi connectivity index (χ4n) is 3.91. The summed E-state index contributed by atoms with van der Waals surface area (Å²) in [6.07, 6.45) is 2.55. The number of rotatable bonds is 3. The van der Waals surface area contributed by atoms with Crippen molar-refractivity contribution in [1.82, 2.24) is 4.90 Å². The number of halogens is 1. The number of anilines is 1. The number of hydrogen-bond acceptors (Lipinski definition) is 2. The van der Waals surface area contributed by atoms with Crippen LogP contribution in [0, 0.1) is 5.82 Å². The van der Waals surface area contributed by atoms with E-state index in [0.717, 1.165) is 25.3 Å². The van der Waals surface area contributed by atoms with Crippen LogP contribution in [0.2, 0.25) is 0 Å². The van der Waals surface area contributed by atoms with E-state index < -0.39 is 0 Å². The molecule has 2 atom stereocenters. The van der Waals surface area contributed by atoms with Gasteiger partial charge in [-0.1, -0.05) is 30.3 Å². The first kappa shape index (κ1) is 13.8. The molecule has 2 saturated heterocycles. The molecule has 3 heteroatoms. The van der Waals surface area contributed by atoms with Crippen molar-refractivity contribution in [2.75, 3.05) is 18.0 Å². The summed E-state index contributed by atoms with van der Waals surface area (Å²) in [5.41, 5.74) is 2.55. The van der Waals surface area contributed by atoms with Crippen molar-refractivity contribution in [3.05, 3.63) is 66.0 Å². The standard InChI is InChI=1S/C19H21FN2/c20-16-6-8-17(9-7-16)21-13-18-10-11-19(14-21)22(18)12-15-4-2-1-3-5-15/h1-9,18-19H,10-14H2. The van der Waals surface area contributed by atoms with Crippen LogP contribution in [-0.4, -0.2) is 30.1 Å². The van der Waals surface area contributed by atoms with Crippen LogP contribution >= 0.6 is 0 Å². The highest BCUT2D eigenvalue weighted by atomic mass is 19.1. The summed E-state index contributed by atoms with van der Waals surface area (Å²) < 4.78 is 13.1. The molecule has 0 saturated carbocycles. The molecule has 0 radical (unpaired) electrons. The average Bonchev–Trinajstić information content (AvgIpc) is 2.79. The summed E-state index contributed by atoms with van der Waals surface area (Å²) in [5, 5.41) is 0. The van der Waals surface area contributed by atoms with Gasteiger partial charge in [0.1, 0.15) is 5.82 Å². The van der Waals surface area contributed by atoms with E-state index in [-0.39, 0.29) is 5.82 Å². The molecule has 22 heavy (non-hydrogen) atoms. The van der Waals surface area contributed by atoms with E-state index in [0.29, 0.717) is 12.1 Å².